The first-order chi connectivity index (χ1) is 14.0. The second-order valence-electron chi connectivity index (χ2n) is 7.74. The molecule has 2 saturated heterocycles. The van der Waals surface area contributed by atoms with Crippen LogP contribution in [0.5, 0.6) is 0 Å². The molecule has 5 rings (SSSR count). The molecule has 0 bridgehead atoms. The third-order valence-electron chi connectivity index (χ3n) is 6.00. The zero-order valence-electron chi connectivity index (χ0n) is 16.1. The van der Waals surface area contributed by atoms with Gasteiger partial charge in [-0.3, -0.25) is 0 Å². The van der Waals surface area contributed by atoms with Crippen LogP contribution in [0.2, 0.25) is 0 Å². The van der Waals surface area contributed by atoms with Gasteiger partial charge >= 0.3 is 0 Å². The molecule has 8 heteroatoms. The summed E-state index contributed by atoms with van der Waals surface area (Å²) in [6, 6.07) is 12.0. The van der Waals surface area contributed by atoms with Crippen LogP contribution in [-0.4, -0.2) is 51.7 Å². The maximum atomic E-state index is 13.7. The van der Waals surface area contributed by atoms with Crippen molar-refractivity contribution in [1.82, 2.24) is 4.31 Å². The van der Waals surface area contributed by atoms with Crippen molar-refractivity contribution < 1.29 is 17.5 Å². The molecule has 0 unspecified atom stereocenters. The van der Waals surface area contributed by atoms with Crippen LogP contribution in [0.3, 0.4) is 0 Å². The maximum absolute atomic E-state index is 13.7. The molecule has 3 aliphatic rings. The van der Waals surface area contributed by atoms with E-state index in [0.29, 0.717) is 37.7 Å². The Labute approximate surface area is 170 Å². The summed E-state index contributed by atoms with van der Waals surface area (Å²) in [5.74, 6) is -0.256. The number of ether oxygens (including phenoxy) is 1. The van der Waals surface area contributed by atoms with Crippen LogP contribution in [0.15, 0.2) is 47.4 Å². The number of nitrogens with zero attached hydrogens (tertiary/aromatic N) is 3. The SMILES string of the molecule is O=S(=O)(c1ccc2c(c1)N(Cc1cccc(F)c1)[C@H]1CCCN21)N1CCOCC1. The zero-order chi connectivity index (χ0) is 20.0. The highest BCUT2D eigenvalue weighted by atomic mass is 32.2. The molecule has 29 heavy (non-hydrogen) atoms. The topological polar surface area (TPSA) is 53.1 Å². The van der Waals surface area contributed by atoms with Gasteiger partial charge in [-0.2, -0.15) is 4.31 Å². The molecule has 0 aromatic heterocycles. The molecule has 0 spiro atoms. The number of morpholine rings is 1. The minimum atomic E-state index is -3.56. The highest BCUT2D eigenvalue weighted by molar-refractivity contribution is 7.89. The Morgan fingerprint density at radius 2 is 1.86 bits per heavy atom. The van der Waals surface area contributed by atoms with E-state index in [4.69, 9.17) is 4.74 Å². The van der Waals surface area contributed by atoms with E-state index in [2.05, 4.69) is 9.80 Å². The molecule has 0 aliphatic carbocycles. The molecule has 2 aromatic rings. The first kappa shape index (κ1) is 18.8. The van der Waals surface area contributed by atoms with Gasteiger partial charge in [-0.05, 0) is 48.7 Å². The third-order valence-corrected chi connectivity index (χ3v) is 7.89. The van der Waals surface area contributed by atoms with Gasteiger partial charge in [-0.1, -0.05) is 12.1 Å². The molecule has 2 aromatic carbocycles. The minimum Gasteiger partial charge on any atom is -0.379 e. The standard InChI is InChI=1S/C21H24FN3O3S/c22-17-4-1-3-16(13-17)15-25-20-14-18(29(26,27)23-9-11-28-12-10-23)6-7-19(20)24-8-2-5-21(24)25/h1,3-4,6-7,13-14,21H,2,5,8-12,15H2/t21-/m0/s1. The highest BCUT2D eigenvalue weighted by Crippen LogP contribution is 2.45. The fourth-order valence-corrected chi connectivity index (χ4v) is 6.04. The molecule has 0 amide bonds. The van der Waals surface area contributed by atoms with Crippen molar-refractivity contribution in [1.29, 1.82) is 0 Å². The lowest BCUT2D eigenvalue weighted by atomic mass is 10.1. The van der Waals surface area contributed by atoms with Crippen LogP contribution in [-0.2, 0) is 21.3 Å². The second kappa shape index (κ2) is 7.27. The number of benzene rings is 2. The van der Waals surface area contributed by atoms with E-state index in [0.717, 1.165) is 36.3 Å². The number of fused-ring (bicyclic) bond motifs is 3. The van der Waals surface area contributed by atoms with Crippen LogP contribution in [0, 0.1) is 5.82 Å². The quantitative estimate of drug-likeness (QED) is 0.766. The van der Waals surface area contributed by atoms with Gasteiger partial charge in [0, 0.05) is 26.2 Å². The van der Waals surface area contributed by atoms with Gasteiger partial charge in [-0.25, -0.2) is 12.8 Å². The van der Waals surface area contributed by atoms with E-state index in [9.17, 15) is 12.8 Å². The Balaban J connectivity index is 1.52. The summed E-state index contributed by atoms with van der Waals surface area (Å²) in [5.41, 5.74) is 2.85. The van der Waals surface area contributed by atoms with Gasteiger partial charge in [0.05, 0.1) is 29.5 Å². The lowest BCUT2D eigenvalue weighted by Crippen LogP contribution is -2.40. The van der Waals surface area contributed by atoms with E-state index in [-0.39, 0.29) is 12.0 Å². The van der Waals surface area contributed by atoms with Gasteiger partial charge in [0.25, 0.3) is 0 Å². The third kappa shape index (κ3) is 3.29. The van der Waals surface area contributed by atoms with Gasteiger partial charge in [0.15, 0.2) is 0 Å². The molecular formula is C21H24FN3O3S. The number of hydrogen-bond donors (Lipinski definition) is 0. The lowest BCUT2D eigenvalue weighted by molar-refractivity contribution is 0.0730. The van der Waals surface area contributed by atoms with Gasteiger partial charge < -0.3 is 14.5 Å². The Bertz CT molecular complexity index is 1020. The fourth-order valence-electron chi connectivity index (χ4n) is 4.61. The van der Waals surface area contributed by atoms with Crippen LogP contribution < -0.4 is 9.80 Å². The first-order valence-electron chi connectivity index (χ1n) is 10.0. The van der Waals surface area contributed by atoms with Crippen molar-refractivity contribution in [3.63, 3.8) is 0 Å². The molecule has 0 saturated carbocycles. The predicted molar refractivity (Wildman–Crippen MR) is 109 cm³/mol. The van der Waals surface area contributed by atoms with Crippen molar-refractivity contribution in [2.75, 3.05) is 42.6 Å². The molecule has 6 nitrogen and oxygen atoms in total. The summed E-state index contributed by atoms with van der Waals surface area (Å²) in [5, 5.41) is 0. The van der Waals surface area contributed by atoms with Crippen molar-refractivity contribution in [3.05, 3.63) is 53.8 Å². The number of anilines is 2. The van der Waals surface area contributed by atoms with E-state index < -0.39 is 10.0 Å². The summed E-state index contributed by atoms with van der Waals surface area (Å²) in [4.78, 5) is 4.86. The van der Waals surface area contributed by atoms with Crippen molar-refractivity contribution in [2.24, 2.45) is 0 Å². The average Bonchev–Trinajstić information content (AvgIpc) is 3.31. The van der Waals surface area contributed by atoms with Crippen LogP contribution in [0.4, 0.5) is 15.8 Å². The van der Waals surface area contributed by atoms with Crippen LogP contribution in [0.25, 0.3) is 0 Å². The fraction of sp³-hybridized carbons (Fsp3) is 0.429. The number of rotatable bonds is 4. The predicted octanol–water partition coefficient (Wildman–Crippen LogP) is 2.79. The highest BCUT2D eigenvalue weighted by Gasteiger charge is 2.40. The summed E-state index contributed by atoms with van der Waals surface area (Å²) in [6.07, 6.45) is 2.29. The number of sulfonamides is 1. The average molecular weight is 418 g/mol. The zero-order valence-corrected chi connectivity index (χ0v) is 16.9. The molecule has 2 fully saturated rings. The monoisotopic (exact) mass is 417 g/mol. The van der Waals surface area contributed by atoms with Gasteiger partial charge in [-0.15, -0.1) is 0 Å². The van der Waals surface area contributed by atoms with Crippen LogP contribution in [0.1, 0.15) is 18.4 Å². The number of hydrogen-bond acceptors (Lipinski definition) is 5. The molecule has 3 aliphatic heterocycles. The summed E-state index contributed by atoms with van der Waals surface area (Å²) in [6.45, 7) is 3.10. The van der Waals surface area contributed by atoms with E-state index in [1.54, 1.807) is 24.3 Å². The smallest absolute Gasteiger partial charge is 0.243 e. The number of halogens is 1. The summed E-state index contributed by atoms with van der Waals surface area (Å²) >= 11 is 0. The van der Waals surface area contributed by atoms with Gasteiger partial charge in [0.1, 0.15) is 12.0 Å². The Morgan fingerprint density at radius 3 is 2.66 bits per heavy atom. The van der Waals surface area contributed by atoms with Crippen molar-refractivity contribution in [2.45, 2.75) is 30.4 Å². The lowest BCUT2D eigenvalue weighted by Gasteiger charge is -2.28. The minimum absolute atomic E-state index is 0.189. The molecule has 3 heterocycles. The summed E-state index contributed by atoms with van der Waals surface area (Å²) < 4.78 is 46.8. The summed E-state index contributed by atoms with van der Waals surface area (Å²) in [7, 11) is -3.56. The van der Waals surface area contributed by atoms with Crippen molar-refractivity contribution in [3.8, 4) is 0 Å². The molecule has 1 atom stereocenters. The van der Waals surface area contributed by atoms with E-state index in [1.165, 1.54) is 10.4 Å². The molecular weight excluding hydrogens is 393 g/mol. The Kier molecular flexibility index (Phi) is 4.72. The Hall–Kier alpha value is -2.16. The molecule has 0 N–H and O–H groups in total. The van der Waals surface area contributed by atoms with E-state index in [1.807, 2.05) is 12.1 Å². The first-order valence-corrected chi connectivity index (χ1v) is 11.5. The second-order valence-corrected chi connectivity index (χ2v) is 9.68. The molecule has 154 valence electrons. The Morgan fingerprint density at radius 1 is 1.03 bits per heavy atom. The van der Waals surface area contributed by atoms with E-state index >= 15 is 0 Å². The molecule has 0 radical (unpaired) electrons. The van der Waals surface area contributed by atoms with Crippen molar-refractivity contribution >= 4 is 21.4 Å². The van der Waals surface area contributed by atoms with Crippen LogP contribution >= 0.6 is 0 Å². The van der Waals surface area contributed by atoms with Gasteiger partial charge in [0.2, 0.25) is 10.0 Å². The maximum Gasteiger partial charge on any atom is 0.243 e. The normalized spacial score (nSPS) is 22.0. The largest absolute Gasteiger partial charge is 0.379 e.